The van der Waals surface area contributed by atoms with Crippen LogP contribution in [0.1, 0.15) is 5.56 Å². The second kappa shape index (κ2) is 5.69. The number of aromatic hydroxyl groups is 1. The molecule has 0 aliphatic heterocycles. The molecular weight excluding hydrogens is 375 g/mol. The Hall–Kier alpha value is -2.35. The molecule has 2 aromatic carbocycles. The minimum absolute atomic E-state index is 0.0450. The van der Waals surface area contributed by atoms with Crippen LogP contribution in [-0.2, 0) is 6.18 Å². The normalized spacial score (nSPS) is 12.3. The molecule has 0 fully saturated rings. The van der Waals surface area contributed by atoms with Gasteiger partial charge in [-0.25, -0.2) is 0 Å². The van der Waals surface area contributed by atoms with Crippen LogP contribution in [0.4, 0.5) is 24.5 Å². The highest BCUT2D eigenvalue weighted by molar-refractivity contribution is 9.10. The maximum Gasteiger partial charge on any atom is 0.416 e. The molecule has 0 atom stereocenters. The van der Waals surface area contributed by atoms with Crippen molar-refractivity contribution in [1.29, 1.82) is 0 Å². The number of halogens is 4. The number of alkyl halides is 3. The number of nitrogens with one attached hydrogen (secondary N) is 1. The van der Waals surface area contributed by atoms with Crippen molar-refractivity contribution in [2.24, 2.45) is 10.2 Å². The molecule has 0 bridgehead atoms. The van der Waals surface area contributed by atoms with E-state index in [0.29, 0.717) is 10.9 Å². The first-order valence-electron chi connectivity index (χ1n) is 6.44. The average Bonchev–Trinajstić information content (AvgIpc) is 2.79. The van der Waals surface area contributed by atoms with Gasteiger partial charge in [-0.15, -0.1) is 5.11 Å². The third kappa shape index (κ3) is 3.21. The third-order valence-electron chi connectivity index (χ3n) is 3.15. The van der Waals surface area contributed by atoms with Crippen molar-refractivity contribution >= 4 is 38.2 Å². The summed E-state index contributed by atoms with van der Waals surface area (Å²) in [6, 6.07) is 9.76. The van der Waals surface area contributed by atoms with E-state index in [4.69, 9.17) is 0 Å². The molecule has 3 aromatic rings. The number of aromatic nitrogens is 1. The van der Waals surface area contributed by atoms with Gasteiger partial charge in [-0.1, -0.05) is 22.0 Å². The molecule has 0 spiro atoms. The fraction of sp³-hybridized carbons (Fsp3) is 0.0667. The average molecular weight is 384 g/mol. The van der Waals surface area contributed by atoms with E-state index >= 15 is 0 Å². The highest BCUT2D eigenvalue weighted by Crippen LogP contribution is 2.38. The van der Waals surface area contributed by atoms with Gasteiger partial charge >= 0.3 is 6.18 Å². The summed E-state index contributed by atoms with van der Waals surface area (Å²) in [6.07, 6.45) is -4.45. The number of H-pyrrole nitrogens is 1. The van der Waals surface area contributed by atoms with Crippen molar-refractivity contribution in [2.75, 3.05) is 0 Å². The monoisotopic (exact) mass is 383 g/mol. The maximum atomic E-state index is 12.7. The van der Waals surface area contributed by atoms with Gasteiger partial charge in [0.05, 0.1) is 16.8 Å². The molecule has 0 radical (unpaired) electrons. The lowest BCUT2D eigenvalue weighted by atomic mass is 10.2. The van der Waals surface area contributed by atoms with Crippen LogP contribution in [0, 0.1) is 0 Å². The Labute approximate surface area is 136 Å². The molecule has 23 heavy (non-hydrogen) atoms. The Kier molecular flexibility index (Phi) is 3.85. The Morgan fingerprint density at radius 2 is 1.83 bits per heavy atom. The third-order valence-corrected chi connectivity index (χ3v) is 3.65. The van der Waals surface area contributed by atoms with Gasteiger partial charge < -0.3 is 10.1 Å². The number of aromatic amines is 1. The summed E-state index contributed by atoms with van der Waals surface area (Å²) in [7, 11) is 0. The van der Waals surface area contributed by atoms with Crippen LogP contribution in [0.2, 0.25) is 0 Å². The van der Waals surface area contributed by atoms with Crippen LogP contribution in [0.25, 0.3) is 10.9 Å². The van der Waals surface area contributed by atoms with E-state index in [1.54, 1.807) is 18.2 Å². The molecule has 0 amide bonds. The quantitative estimate of drug-likeness (QED) is 0.518. The van der Waals surface area contributed by atoms with Crippen molar-refractivity contribution in [3.05, 3.63) is 52.5 Å². The molecule has 3 rings (SSSR count). The van der Waals surface area contributed by atoms with E-state index in [0.717, 1.165) is 16.6 Å². The van der Waals surface area contributed by atoms with Crippen molar-refractivity contribution in [1.82, 2.24) is 4.98 Å². The zero-order chi connectivity index (χ0) is 16.6. The highest BCUT2D eigenvalue weighted by Gasteiger charge is 2.30. The molecule has 0 saturated carbocycles. The van der Waals surface area contributed by atoms with Gasteiger partial charge in [-0.3, -0.25) is 0 Å². The summed E-state index contributed by atoms with van der Waals surface area (Å²) in [5.41, 5.74) is 0.0471. The first-order chi connectivity index (χ1) is 10.8. The molecule has 1 aromatic heterocycles. The lowest BCUT2D eigenvalue weighted by Gasteiger charge is -2.05. The standard InChI is InChI=1S/C15H9BrF3N3O/c16-9-4-5-12-11(7-9)13(14(23)20-12)22-21-10-3-1-2-8(6-10)15(17,18)19/h1-7,20,23H. The van der Waals surface area contributed by atoms with Crippen LogP contribution < -0.4 is 0 Å². The smallest absolute Gasteiger partial charge is 0.416 e. The predicted molar refractivity (Wildman–Crippen MR) is 83.3 cm³/mol. The van der Waals surface area contributed by atoms with Crippen LogP contribution in [0.5, 0.6) is 5.88 Å². The molecule has 4 nitrogen and oxygen atoms in total. The maximum absolute atomic E-state index is 12.7. The zero-order valence-electron chi connectivity index (χ0n) is 11.4. The summed E-state index contributed by atoms with van der Waals surface area (Å²) in [4.78, 5) is 2.73. The van der Waals surface area contributed by atoms with E-state index in [-0.39, 0.29) is 17.3 Å². The number of rotatable bonds is 2. The number of azo groups is 1. The number of benzene rings is 2. The van der Waals surface area contributed by atoms with Gasteiger partial charge in [0.1, 0.15) is 0 Å². The largest absolute Gasteiger partial charge is 0.493 e. The number of nitrogens with zero attached hydrogens (tertiary/aromatic N) is 2. The molecule has 118 valence electrons. The Morgan fingerprint density at radius 3 is 2.57 bits per heavy atom. The minimum Gasteiger partial charge on any atom is -0.493 e. The summed E-state index contributed by atoms with van der Waals surface area (Å²) in [5.74, 6) is -0.200. The van der Waals surface area contributed by atoms with Crippen LogP contribution in [-0.4, -0.2) is 10.1 Å². The fourth-order valence-electron chi connectivity index (χ4n) is 2.09. The van der Waals surface area contributed by atoms with E-state index in [2.05, 4.69) is 31.1 Å². The molecule has 0 aliphatic carbocycles. The van der Waals surface area contributed by atoms with Crippen LogP contribution in [0.3, 0.4) is 0 Å². The zero-order valence-corrected chi connectivity index (χ0v) is 13.0. The van der Waals surface area contributed by atoms with E-state index < -0.39 is 11.7 Å². The molecule has 1 heterocycles. The number of hydrogen-bond acceptors (Lipinski definition) is 3. The van der Waals surface area contributed by atoms with Gasteiger partial charge in [0, 0.05) is 9.86 Å². The predicted octanol–water partition coefficient (Wildman–Crippen LogP) is 6.07. The minimum atomic E-state index is -4.45. The molecular formula is C15H9BrF3N3O. The lowest BCUT2D eigenvalue weighted by molar-refractivity contribution is -0.137. The topological polar surface area (TPSA) is 60.7 Å². The number of fused-ring (bicyclic) bond motifs is 1. The number of hydrogen-bond donors (Lipinski definition) is 2. The van der Waals surface area contributed by atoms with E-state index in [1.807, 2.05) is 0 Å². The van der Waals surface area contributed by atoms with Crippen molar-refractivity contribution in [2.45, 2.75) is 6.18 Å². The summed E-state index contributed by atoms with van der Waals surface area (Å²) in [6.45, 7) is 0. The van der Waals surface area contributed by atoms with Gasteiger partial charge in [0.15, 0.2) is 5.69 Å². The van der Waals surface area contributed by atoms with E-state index in [1.165, 1.54) is 12.1 Å². The van der Waals surface area contributed by atoms with Gasteiger partial charge in [0.25, 0.3) is 0 Å². The van der Waals surface area contributed by atoms with Gasteiger partial charge in [-0.05, 0) is 36.4 Å². The molecule has 2 N–H and O–H groups in total. The Morgan fingerprint density at radius 1 is 1.04 bits per heavy atom. The summed E-state index contributed by atoms with van der Waals surface area (Å²) >= 11 is 3.31. The summed E-state index contributed by atoms with van der Waals surface area (Å²) < 4.78 is 38.8. The molecule has 0 aliphatic rings. The van der Waals surface area contributed by atoms with E-state index in [9.17, 15) is 18.3 Å². The van der Waals surface area contributed by atoms with Crippen molar-refractivity contribution < 1.29 is 18.3 Å². The van der Waals surface area contributed by atoms with Crippen LogP contribution >= 0.6 is 15.9 Å². The molecule has 8 heteroatoms. The first kappa shape index (κ1) is 15.5. The Bertz CT molecular complexity index is 903. The second-order valence-corrected chi connectivity index (χ2v) is 5.68. The molecule has 0 saturated heterocycles. The van der Waals surface area contributed by atoms with Gasteiger partial charge in [0.2, 0.25) is 5.88 Å². The second-order valence-electron chi connectivity index (χ2n) is 4.76. The van der Waals surface area contributed by atoms with Crippen LogP contribution in [0.15, 0.2) is 57.2 Å². The fourth-order valence-corrected chi connectivity index (χ4v) is 2.45. The lowest BCUT2D eigenvalue weighted by Crippen LogP contribution is -2.03. The van der Waals surface area contributed by atoms with Crippen molar-refractivity contribution in [3.8, 4) is 5.88 Å². The Balaban J connectivity index is 2.01. The SMILES string of the molecule is Oc1[nH]c2ccc(Br)cc2c1N=Nc1cccc(C(F)(F)F)c1. The summed E-state index contributed by atoms with van der Waals surface area (Å²) in [5, 5.41) is 18.2. The van der Waals surface area contributed by atoms with Crippen molar-refractivity contribution in [3.63, 3.8) is 0 Å². The highest BCUT2D eigenvalue weighted by atomic mass is 79.9. The molecule has 0 unspecified atom stereocenters. The first-order valence-corrected chi connectivity index (χ1v) is 7.23. The van der Waals surface area contributed by atoms with Gasteiger partial charge in [-0.2, -0.15) is 18.3 Å².